The number of phenols is 1. The van der Waals surface area contributed by atoms with Crippen molar-refractivity contribution in [1.82, 2.24) is 0 Å². The summed E-state index contributed by atoms with van der Waals surface area (Å²) in [5.74, 6) is -1.19. The molecule has 0 aliphatic carbocycles. The smallest absolute Gasteiger partial charge is 0.336 e. The quantitative estimate of drug-likeness (QED) is 0.792. The van der Waals surface area contributed by atoms with Crippen LogP contribution in [0.15, 0.2) is 27.4 Å². The van der Waals surface area contributed by atoms with Crippen LogP contribution in [0.2, 0.25) is 0 Å². The van der Waals surface area contributed by atoms with Gasteiger partial charge in [0, 0.05) is 17.7 Å². The average Bonchev–Trinajstić information content (AvgIpc) is 2.29. The number of carboxylic acids is 1. The van der Waals surface area contributed by atoms with E-state index in [0.29, 0.717) is 5.39 Å². The molecule has 0 amide bonds. The fourth-order valence-electron chi connectivity index (χ4n) is 1.77. The molecule has 2 N–H and O–H groups in total. The van der Waals surface area contributed by atoms with Crippen LogP contribution in [0.1, 0.15) is 5.56 Å². The first-order valence-corrected chi connectivity index (χ1v) is 5.07. The molecule has 1 heterocycles. The molecule has 0 saturated heterocycles. The van der Waals surface area contributed by atoms with Crippen LogP contribution in [-0.2, 0) is 11.2 Å². The molecule has 0 fully saturated rings. The second kappa shape index (κ2) is 4.40. The summed E-state index contributed by atoms with van der Waals surface area (Å²) in [5, 5.41) is 19.0. The van der Waals surface area contributed by atoms with Gasteiger partial charge in [-0.3, -0.25) is 4.79 Å². The standard InChI is InChI=1S/C12H10O6/c1-17-12-6-2-3-11(16)18-9(6)5-8(13)7(12)4-10(14)15/h2-3,5,13H,4H2,1H3,(H,14,15). The molecule has 0 saturated carbocycles. The zero-order valence-electron chi connectivity index (χ0n) is 9.47. The number of aliphatic carboxylic acids is 1. The van der Waals surface area contributed by atoms with Gasteiger partial charge in [0.2, 0.25) is 0 Å². The lowest BCUT2D eigenvalue weighted by atomic mass is 10.1. The second-order valence-corrected chi connectivity index (χ2v) is 3.64. The van der Waals surface area contributed by atoms with E-state index in [0.717, 1.165) is 0 Å². The van der Waals surface area contributed by atoms with Gasteiger partial charge in [-0.05, 0) is 6.07 Å². The van der Waals surface area contributed by atoms with Crippen LogP contribution in [0.4, 0.5) is 0 Å². The maximum absolute atomic E-state index is 11.1. The third kappa shape index (κ3) is 2.00. The highest BCUT2D eigenvalue weighted by Crippen LogP contribution is 2.36. The molecule has 0 aliphatic heterocycles. The molecular formula is C12H10O6. The number of phenolic OH excluding ortho intramolecular Hbond substituents is 1. The van der Waals surface area contributed by atoms with Gasteiger partial charge >= 0.3 is 11.6 Å². The van der Waals surface area contributed by atoms with E-state index in [9.17, 15) is 14.7 Å². The van der Waals surface area contributed by atoms with Gasteiger partial charge in [-0.15, -0.1) is 0 Å². The fourth-order valence-corrected chi connectivity index (χ4v) is 1.77. The van der Waals surface area contributed by atoms with Gasteiger partial charge < -0.3 is 19.4 Å². The van der Waals surface area contributed by atoms with E-state index in [4.69, 9.17) is 14.3 Å². The highest BCUT2D eigenvalue weighted by atomic mass is 16.5. The van der Waals surface area contributed by atoms with Gasteiger partial charge in [0.15, 0.2) is 0 Å². The van der Waals surface area contributed by atoms with Crippen molar-refractivity contribution in [2.75, 3.05) is 7.11 Å². The van der Waals surface area contributed by atoms with Gasteiger partial charge in [-0.25, -0.2) is 4.79 Å². The van der Waals surface area contributed by atoms with Crippen LogP contribution in [0.25, 0.3) is 11.0 Å². The van der Waals surface area contributed by atoms with E-state index in [-0.39, 0.29) is 29.1 Å². The predicted octanol–water partition coefficient (Wildman–Crippen LogP) is 1.13. The number of fused-ring (bicyclic) bond motifs is 1. The summed E-state index contributed by atoms with van der Waals surface area (Å²) in [4.78, 5) is 21.8. The lowest BCUT2D eigenvalue weighted by molar-refractivity contribution is -0.136. The van der Waals surface area contributed by atoms with Gasteiger partial charge in [-0.1, -0.05) is 0 Å². The lowest BCUT2D eigenvalue weighted by Crippen LogP contribution is -2.04. The number of carboxylic acid groups (broad SMARTS) is 1. The van der Waals surface area contributed by atoms with Crippen LogP contribution in [0.3, 0.4) is 0 Å². The summed E-state index contributed by atoms with van der Waals surface area (Å²) in [7, 11) is 1.35. The predicted molar refractivity (Wildman–Crippen MR) is 62.0 cm³/mol. The molecule has 0 atom stereocenters. The molecule has 94 valence electrons. The SMILES string of the molecule is COc1c(CC(=O)O)c(O)cc2oc(=O)ccc12. The van der Waals surface area contributed by atoms with Crippen molar-refractivity contribution < 1.29 is 24.2 Å². The third-order valence-electron chi connectivity index (χ3n) is 2.49. The van der Waals surface area contributed by atoms with Crippen molar-refractivity contribution in [2.24, 2.45) is 0 Å². The molecule has 0 bridgehead atoms. The van der Waals surface area contributed by atoms with E-state index < -0.39 is 11.6 Å². The summed E-state index contributed by atoms with van der Waals surface area (Å²) in [6, 6.07) is 3.87. The van der Waals surface area contributed by atoms with Crippen LogP contribution in [0.5, 0.6) is 11.5 Å². The highest BCUT2D eigenvalue weighted by Gasteiger charge is 2.17. The van der Waals surface area contributed by atoms with Crippen molar-refractivity contribution in [1.29, 1.82) is 0 Å². The average molecular weight is 250 g/mol. The largest absolute Gasteiger partial charge is 0.507 e. The van der Waals surface area contributed by atoms with E-state index in [2.05, 4.69) is 0 Å². The number of hydrogen-bond donors (Lipinski definition) is 2. The fraction of sp³-hybridized carbons (Fsp3) is 0.167. The first-order valence-electron chi connectivity index (χ1n) is 5.07. The molecule has 2 rings (SSSR count). The molecule has 2 aromatic rings. The molecular weight excluding hydrogens is 240 g/mol. The van der Waals surface area contributed by atoms with Crippen molar-refractivity contribution in [3.63, 3.8) is 0 Å². The second-order valence-electron chi connectivity index (χ2n) is 3.64. The number of carbonyl (C=O) groups is 1. The Morgan fingerprint density at radius 2 is 2.17 bits per heavy atom. The molecule has 0 radical (unpaired) electrons. The Kier molecular flexibility index (Phi) is 2.93. The van der Waals surface area contributed by atoms with Gasteiger partial charge in [0.1, 0.15) is 17.1 Å². The highest BCUT2D eigenvalue weighted by molar-refractivity contribution is 5.89. The minimum Gasteiger partial charge on any atom is -0.507 e. The number of benzene rings is 1. The summed E-state index contributed by atoms with van der Waals surface area (Å²) in [6.45, 7) is 0. The summed E-state index contributed by atoms with van der Waals surface area (Å²) in [5.41, 5.74) is -0.271. The minimum atomic E-state index is -1.10. The lowest BCUT2D eigenvalue weighted by Gasteiger charge is -2.11. The molecule has 0 unspecified atom stereocenters. The number of hydrogen-bond acceptors (Lipinski definition) is 5. The van der Waals surface area contributed by atoms with E-state index >= 15 is 0 Å². The zero-order valence-corrected chi connectivity index (χ0v) is 9.47. The van der Waals surface area contributed by atoms with Crippen molar-refractivity contribution >= 4 is 16.9 Å². The van der Waals surface area contributed by atoms with Gasteiger partial charge in [0.25, 0.3) is 0 Å². The van der Waals surface area contributed by atoms with E-state index in [1.165, 1.54) is 25.3 Å². The first-order chi connectivity index (χ1) is 8.52. The van der Waals surface area contributed by atoms with E-state index in [1.54, 1.807) is 0 Å². The van der Waals surface area contributed by atoms with Gasteiger partial charge in [-0.2, -0.15) is 0 Å². The van der Waals surface area contributed by atoms with Crippen LogP contribution in [-0.4, -0.2) is 23.3 Å². The Bertz CT molecular complexity index is 670. The van der Waals surface area contributed by atoms with Crippen molar-refractivity contribution in [3.8, 4) is 11.5 Å². The molecule has 6 nitrogen and oxygen atoms in total. The number of ether oxygens (including phenoxy) is 1. The molecule has 1 aromatic carbocycles. The number of aromatic hydroxyl groups is 1. The monoisotopic (exact) mass is 250 g/mol. The molecule has 18 heavy (non-hydrogen) atoms. The molecule has 1 aromatic heterocycles. The Morgan fingerprint density at radius 1 is 1.44 bits per heavy atom. The van der Waals surface area contributed by atoms with Crippen molar-refractivity contribution in [3.05, 3.63) is 34.2 Å². The molecule has 6 heteroatoms. The Balaban J connectivity index is 2.79. The maximum Gasteiger partial charge on any atom is 0.336 e. The number of rotatable bonds is 3. The normalized spacial score (nSPS) is 10.5. The van der Waals surface area contributed by atoms with Gasteiger partial charge in [0.05, 0.1) is 18.9 Å². The van der Waals surface area contributed by atoms with E-state index in [1.807, 2.05) is 0 Å². The minimum absolute atomic E-state index is 0.144. The zero-order chi connectivity index (χ0) is 13.3. The Hall–Kier alpha value is -2.50. The summed E-state index contributed by atoms with van der Waals surface area (Å²) >= 11 is 0. The topological polar surface area (TPSA) is 97.0 Å². The Labute approximate surface area is 101 Å². The molecule has 0 spiro atoms. The van der Waals surface area contributed by atoms with Crippen LogP contribution in [0, 0.1) is 0 Å². The summed E-state index contributed by atoms with van der Waals surface area (Å²) in [6.07, 6.45) is -0.385. The molecule has 0 aliphatic rings. The van der Waals surface area contributed by atoms with Crippen LogP contribution < -0.4 is 10.4 Å². The third-order valence-corrected chi connectivity index (χ3v) is 2.49. The summed E-state index contributed by atoms with van der Waals surface area (Å²) < 4.78 is 10.00. The first kappa shape index (κ1) is 12.0. The maximum atomic E-state index is 11.1. The van der Waals surface area contributed by atoms with Crippen molar-refractivity contribution in [2.45, 2.75) is 6.42 Å². The van der Waals surface area contributed by atoms with Crippen LogP contribution >= 0.6 is 0 Å². The Morgan fingerprint density at radius 3 is 2.78 bits per heavy atom. The number of methoxy groups -OCH3 is 1.